The van der Waals surface area contributed by atoms with Gasteiger partial charge in [-0.2, -0.15) is 0 Å². The fourth-order valence-corrected chi connectivity index (χ4v) is 3.31. The lowest BCUT2D eigenvalue weighted by molar-refractivity contribution is -0.133. The Hall–Kier alpha value is -0.770. The molecule has 0 radical (unpaired) electrons. The third-order valence-electron chi connectivity index (χ3n) is 5.94. The highest BCUT2D eigenvalue weighted by atomic mass is 16.5. The predicted molar refractivity (Wildman–Crippen MR) is 143 cm³/mol. The Morgan fingerprint density at radius 2 is 0.909 bits per heavy atom. The minimum atomic E-state index is 0. The monoisotopic (exact) mass is 474 g/mol. The zero-order valence-corrected chi connectivity index (χ0v) is 22.6. The molecule has 33 heavy (non-hydrogen) atoms. The second-order valence-electron chi connectivity index (χ2n) is 9.09. The van der Waals surface area contributed by atoms with E-state index in [4.69, 9.17) is 4.74 Å². The van der Waals surface area contributed by atoms with E-state index in [1.807, 2.05) is 32.8 Å². The Bertz CT molecular complexity index is 425. The van der Waals surface area contributed by atoms with E-state index in [9.17, 15) is 4.79 Å². The number of amides is 1. The molecule has 0 aliphatic carbocycles. The first kappa shape index (κ1) is 34.4. The molecular formula is C25H58N6O2. The Kier molecular flexibility index (Phi) is 22.7. The van der Waals surface area contributed by atoms with Crippen molar-refractivity contribution in [2.45, 2.75) is 34.1 Å². The van der Waals surface area contributed by atoms with Gasteiger partial charge in [0.05, 0.1) is 19.8 Å². The van der Waals surface area contributed by atoms with Gasteiger partial charge in [-0.15, -0.1) is 0 Å². The van der Waals surface area contributed by atoms with Crippen LogP contribution in [0.2, 0.25) is 0 Å². The number of carbonyl (C=O) groups excluding carboxylic acids is 1. The van der Waals surface area contributed by atoms with Crippen molar-refractivity contribution >= 4 is 5.91 Å². The molecule has 4 aliphatic rings. The van der Waals surface area contributed by atoms with Gasteiger partial charge in [-0.05, 0) is 61.2 Å². The number of morpholine rings is 1. The molecule has 0 spiro atoms. The number of carbonyl (C=O) groups is 1. The summed E-state index contributed by atoms with van der Waals surface area (Å²) in [4.78, 5) is 24.0. The lowest BCUT2D eigenvalue weighted by Crippen LogP contribution is -2.46. The van der Waals surface area contributed by atoms with E-state index in [0.717, 1.165) is 39.4 Å². The van der Waals surface area contributed by atoms with Crippen molar-refractivity contribution in [2.75, 3.05) is 127 Å². The van der Waals surface area contributed by atoms with Gasteiger partial charge < -0.3 is 29.2 Å². The molecule has 8 heteroatoms. The van der Waals surface area contributed by atoms with E-state index in [1.165, 1.54) is 52.1 Å². The molecule has 0 aromatic carbocycles. The van der Waals surface area contributed by atoms with Crippen LogP contribution in [0.3, 0.4) is 0 Å². The first-order chi connectivity index (χ1) is 15.3. The van der Waals surface area contributed by atoms with E-state index in [-0.39, 0.29) is 13.3 Å². The van der Waals surface area contributed by atoms with Gasteiger partial charge in [-0.1, -0.05) is 21.3 Å². The average molecular weight is 475 g/mol. The number of hydrogen-bond donors (Lipinski definition) is 0. The standard InChI is InChI=1S/C6H12N2O.C6H14N2.C5H11NO.C5H11N.C2H6.CH4/c1-7-3-4-8(2)6(9)5-7;1-7-3-5-8(2)6-4-7;1-6-2-4-7-5-3-6;1-6-4-2-3-5-6;1-2;/h3-5H2,1-2H3;3-6H2,1-2H3;2-5H2,1H3;2-5H2,1H3;1-2H3;1H4. The minimum absolute atomic E-state index is 0. The van der Waals surface area contributed by atoms with E-state index >= 15 is 0 Å². The molecule has 0 aromatic rings. The quantitative estimate of drug-likeness (QED) is 0.528. The molecule has 4 fully saturated rings. The summed E-state index contributed by atoms with van der Waals surface area (Å²) in [5.41, 5.74) is 0. The number of nitrogens with zero attached hydrogens (tertiary/aromatic N) is 6. The molecule has 4 heterocycles. The number of likely N-dealkylation sites (tertiary alicyclic amines) is 1. The Morgan fingerprint density at radius 3 is 1.18 bits per heavy atom. The molecule has 8 nitrogen and oxygen atoms in total. The summed E-state index contributed by atoms with van der Waals surface area (Å²) in [5.74, 6) is 0.226. The lowest BCUT2D eigenvalue weighted by Gasteiger charge is -2.28. The van der Waals surface area contributed by atoms with Crippen molar-refractivity contribution in [3.63, 3.8) is 0 Å². The summed E-state index contributed by atoms with van der Waals surface area (Å²) in [5, 5.41) is 0. The van der Waals surface area contributed by atoms with Gasteiger partial charge >= 0.3 is 0 Å². The lowest BCUT2D eigenvalue weighted by atomic mass is 10.3. The maximum absolute atomic E-state index is 10.9. The Balaban J connectivity index is 0. The van der Waals surface area contributed by atoms with Crippen molar-refractivity contribution in [3.8, 4) is 0 Å². The van der Waals surface area contributed by atoms with Crippen LogP contribution < -0.4 is 0 Å². The molecule has 0 aromatic heterocycles. The molecule has 4 saturated heterocycles. The Labute approximate surface area is 206 Å². The summed E-state index contributed by atoms with van der Waals surface area (Å²) in [6.07, 6.45) is 2.83. The van der Waals surface area contributed by atoms with Gasteiger partial charge in [0.1, 0.15) is 0 Å². The summed E-state index contributed by atoms with van der Waals surface area (Å²) in [7, 11) is 12.4. The van der Waals surface area contributed by atoms with Gasteiger partial charge in [0.25, 0.3) is 0 Å². The summed E-state index contributed by atoms with van der Waals surface area (Å²) >= 11 is 0. The van der Waals surface area contributed by atoms with Crippen molar-refractivity contribution in [1.82, 2.24) is 29.4 Å². The maximum Gasteiger partial charge on any atom is 0.236 e. The minimum Gasteiger partial charge on any atom is -0.379 e. The van der Waals surface area contributed by atoms with E-state index in [0.29, 0.717) is 6.54 Å². The molecule has 0 unspecified atom stereocenters. The summed E-state index contributed by atoms with van der Waals surface area (Å²) in [6.45, 7) is 18.0. The largest absolute Gasteiger partial charge is 0.379 e. The smallest absolute Gasteiger partial charge is 0.236 e. The maximum atomic E-state index is 10.9. The van der Waals surface area contributed by atoms with Crippen LogP contribution in [0.15, 0.2) is 0 Å². The SMILES string of the molecule is C.CC.CN1CCCC1.CN1CCN(C)C(=O)C1.CN1CCN(C)CC1.CN1CCOCC1. The van der Waals surface area contributed by atoms with Crippen LogP contribution in [0.4, 0.5) is 0 Å². The second kappa shape index (κ2) is 21.7. The molecule has 0 N–H and O–H groups in total. The molecule has 1 amide bonds. The van der Waals surface area contributed by atoms with Crippen molar-refractivity contribution in [1.29, 1.82) is 0 Å². The van der Waals surface area contributed by atoms with Crippen LogP contribution in [0.5, 0.6) is 0 Å². The van der Waals surface area contributed by atoms with Crippen LogP contribution in [0, 0.1) is 0 Å². The topological polar surface area (TPSA) is 45.7 Å². The molecule has 4 aliphatic heterocycles. The highest BCUT2D eigenvalue weighted by Crippen LogP contribution is 2.02. The fourth-order valence-electron chi connectivity index (χ4n) is 3.31. The zero-order chi connectivity index (χ0) is 24.4. The van der Waals surface area contributed by atoms with Crippen LogP contribution >= 0.6 is 0 Å². The van der Waals surface area contributed by atoms with Crippen molar-refractivity contribution in [3.05, 3.63) is 0 Å². The highest BCUT2D eigenvalue weighted by Gasteiger charge is 2.16. The summed E-state index contributed by atoms with van der Waals surface area (Å²) in [6, 6.07) is 0. The van der Waals surface area contributed by atoms with Crippen LogP contribution in [0.25, 0.3) is 0 Å². The molecule has 0 saturated carbocycles. The first-order valence-corrected chi connectivity index (χ1v) is 12.5. The highest BCUT2D eigenvalue weighted by molar-refractivity contribution is 5.78. The number of piperazine rings is 2. The first-order valence-electron chi connectivity index (χ1n) is 12.5. The second-order valence-corrected chi connectivity index (χ2v) is 9.09. The van der Waals surface area contributed by atoms with Gasteiger partial charge in [-0.25, -0.2) is 0 Å². The van der Waals surface area contributed by atoms with Gasteiger partial charge in [0, 0.05) is 59.4 Å². The molecule has 4 rings (SSSR count). The van der Waals surface area contributed by atoms with Crippen LogP contribution in [-0.4, -0.2) is 163 Å². The van der Waals surface area contributed by atoms with E-state index in [1.54, 1.807) is 4.90 Å². The van der Waals surface area contributed by atoms with Crippen molar-refractivity contribution < 1.29 is 9.53 Å². The average Bonchev–Trinajstić information content (AvgIpc) is 3.27. The number of rotatable bonds is 0. The third kappa shape index (κ3) is 19.3. The number of ether oxygens (including phenoxy) is 1. The number of likely N-dealkylation sites (N-methyl/N-ethyl adjacent to an activating group) is 5. The number of hydrogen-bond acceptors (Lipinski definition) is 7. The molecule has 200 valence electrons. The van der Waals surface area contributed by atoms with Gasteiger partial charge in [-0.3, -0.25) is 9.69 Å². The Morgan fingerprint density at radius 1 is 0.545 bits per heavy atom. The molecule has 0 bridgehead atoms. The normalized spacial score (nSPS) is 22.8. The third-order valence-corrected chi connectivity index (χ3v) is 5.94. The van der Waals surface area contributed by atoms with Gasteiger partial charge in [0.2, 0.25) is 5.91 Å². The predicted octanol–water partition coefficient (Wildman–Crippen LogP) is 1.58. The van der Waals surface area contributed by atoms with Gasteiger partial charge in [0.15, 0.2) is 0 Å². The van der Waals surface area contributed by atoms with Crippen molar-refractivity contribution in [2.24, 2.45) is 0 Å². The van der Waals surface area contributed by atoms with E-state index < -0.39 is 0 Å². The van der Waals surface area contributed by atoms with E-state index in [2.05, 4.69) is 47.8 Å². The zero-order valence-electron chi connectivity index (χ0n) is 22.6. The molecular weight excluding hydrogens is 416 g/mol. The van der Waals surface area contributed by atoms with Crippen LogP contribution in [-0.2, 0) is 9.53 Å². The summed E-state index contributed by atoms with van der Waals surface area (Å²) < 4.78 is 5.10. The fraction of sp³-hybridized carbons (Fsp3) is 0.960. The molecule has 0 atom stereocenters. The van der Waals surface area contributed by atoms with Crippen LogP contribution in [0.1, 0.15) is 34.1 Å².